The van der Waals surface area contributed by atoms with Crippen molar-refractivity contribution in [2.45, 2.75) is 52.7 Å². The minimum Gasteiger partial charge on any atom is -0.325 e. The number of amides is 2. The van der Waals surface area contributed by atoms with E-state index in [0.717, 1.165) is 5.56 Å². The van der Waals surface area contributed by atoms with E-state index in [9.17, 15) is 18.8 Å². The Bertz CT molecular complexity index is 1760. The van der Waals surface area contributed by atoms with Crippen molar-refractivity contribution in [3.8, 4) is 11.3 Å². The molecule has 2 aliphatic rings. The van der Waals surface area contributed by atoms with Crippen LogP contribution in [-0.4, -0.2) is 71.0 Å². The average molecular weight is 635 g/mol. The number of aryl methyl sites for hydroxylation is 2. The van der Waals surface area contributed by atoms with Gasteiger partial charge in [0.25, 0.3) is 0 Å². The highest BCUT2D eigenvalue weighted by atomic mass is 79.9. The fourth-order valence-corrected chi connectivity index (χ4v) is 6.44. The fraction of sp³-hybridized carbons (Fsp3) is 0.379. The number of hydrogen-bond acceptors (Lipinski definition) is 8. The van der Waals surface area contributed by atoms with E-state index in [4.69, 9.17) is 0 Å². The Hall–Kier alpha value is -4.13. The van der Waals surface area contributed by atoms with Gasteiger partial charge in [-0.1, -0.05) is 13.0 Å². The average Bonchev–Trinajstić information content (AvgIpc) is 3.25. The zero-order valence-corrected chi connectivity index (χ0v) is 25.0. The summed E-state index contributed by atoms with van der Waals surface area (Å²) in [6, 6.07) is 4.01. The monoisotopic (exact) mass is 634 g/mol. The van der Waals surface area contributed by atoms with Gasteiger partial charge in [-0.2, -0.15) is 5.10 Å². The highest BCUT2D eigenvalue weighted by Crippen LogP contribution is 2.64. The maximum Gasteiger partial charge on any atom is 0.248 e. The van der Waals surface area contributed by atoms with Crippen LogP contribution in [0.3, 0.4) is 0 Å². The van der Waals surface area contributed by atoms with E-state index in [1.165, 1.54) is 16.5 Å². The SMILES string of the molecule is CC(=O)c1nn(CC(=O)N2C3C(C)[C@@]3(CF)C[C@H]2C(=O)Nc2nc(Br)ccc2C)c2cnc(-c3cnc(C)nc3)cc12. The van der Waals surface area contributed by atoms with Gasteiger partial charge in [-0.15, -0.1) is 0 Å². The molecular weight excluding hydrogens is 607 g/mol. The number of nitrogens with one attached hydrogen (secondary N) is 1. The summed E-state index contributed by atoms with van der Waals surface area (Å²) in [4.78, 5) is 58.7. The Morgan fingerprint density at radius 1 is 1.14 bits per heavy atom. The number of carbonyl (C=O) groups is 3. The van der Waals surface area contributed by atoms with Crippen molar-refractivity contribution in [2.75, 3.05) is 12.0 Å². The van der Waals surface area contributed by atoms with E-state index in [1.807, 2.05) is 19.9 Å². The van der Waals surface area contributed by atoms with Gasteiger partial charge in [-0.25, -0.2) is 15.0 Å². The number of pyridine rings is 2. The number of aromatic nitrogens is 6. The predicted octanol–water partition coefficient (Wildman–Crippen LogP) is 4.08. The van der Waals surface area contributed by atoms with Gasteiger partial charge in [0.15, 0.2) is 5.78 Å². The maximum absolute atomic E-state index is 14.4. The van der Waals surface area contributed by atoms with Crippen LogP contribution < -0.4 is 5.32 Å². The van der Waals surface area contributed by atoms with Crippen LogP contribution in [0.5, 0.6) is 0 Å². The van der Waals surface area contributed by atoms with Crippen molar-refractivity contribution in [3.63, 3.8) is 0 Å². The van der Waals surface area contributed by atoms with Crippen LogP contribution in [0.4, 0.5) is 10.2 Å². The number of likely N-dealkylation sites (tertiary alicyclic amines) is 1. The first-order valence-corrected chi connectivity index (χ1v) is 14.3. The maximum atomic E-state index is 14.4. The van der Waals surface area contributed by atoms with Crippen molar-refractivity contribution in [1.29, 1.82) is 0 Å². The molecule has 1 N–H and O–H groups in total. The zero-order chi connectivity index (χ0) is 29.9. The number of halogens is 2. The molecular formula is C29H28BrFN8O3. The molecule has 4 aromatic heterocycles. The van der Waals surface area contributed by atoms with Crippen molar-refractivity contribution < 1.29 is 18.8 Å². The smallest absolute Gasteiger partial charge is 0.248 e. The molecule has 4 aromatic rings. The van der Waals surface area contributed by atoms with E-state index in [2.05, 4.69) is 46.3 Å². The highest BCUT2D eigenvalue weighted by Gasteiger charge is 2.72. The Labute approximate surface area is 249 Å². The lowest BCUT2D eigenvalue weighted by Gasteiger charge is -2.28. The van der Waals surface area contributed by atoms with Crippen molar-refractivity contribution in [3.05, 3.63) is 58.5 Å². The molecule has 2 amide bonds. The summed E-state index contributed by atoms with van der Waals surface area (Å²) >= 11 is 3.32. The first kappa shape index (κ1) is 28.0. The van der Waals surface area contributed by atoms with Gasteiger partial charge in [-0.3, -0.25) is 28.4 Å². The molecule has 11 nitrogen and oxygen atoms in total. The lowest BCUT2D eigenvalue weighted by Crippen LogP contribution is -2.47. The Balaban J connectivity index is 1.32. The third kappa shape index (κ3) is 4.55. The number of rotatable bonds is 7. The molecule has 4 atom stereocenters. The number of piperidine rings is 1. The van der Waals surface area contributed by atoms with Gasteiger partial charge in [0, 0.05) is 41.7 Å². The Morgan fingerprint density at radius 2 is 1.88 bits per heavy atom. The third-order valence-electron chi connectivity index (χ3n) is 8.55. The summed E-state index contributed by atoms with van der Waals surface area (Å²) < 4.78 is 16.3. The highest BCUT2D eigenvalue weighted by molar-refractivity contribution is 9.10. The van der Waals surface area contributed by atoms with Crippen molar-refractivity contribution in [1.82, 2.24) is 34.6 Å². The number of Topliss-reactive ketones (excluding diaryl/α,β-unsaturated/α-hetero) is 1. The third-order valence-corrected chi connectivity index (χ3v) is 8.99. The largest absolute Gasteiger partial charge is 0.325 e. The first-order chi connectivity index (χ1) is 20.0. The second-order valence-corrected chi connectivity index (χ2v) is 11.9. The summed E-state index contributed by atoms with van der Waals surface area (Å²) in [7, 11) is 0. The lowest BCUT2D eigenvalue weighted by atomic mass is 9.97. The Kier molecular flexibility index (Phi) is 6.87. The topological polar surface area (TPSA) is 136 Å². The number of alkyl halides is 1. The molecule has 0 radical (unpaired) electrons. The van der Waals surface area contributed by atoms with Crippen LogP contribution in [-0.2, 0) is 16.1 Å². The van der Waals surface area contributed by atoms with Crippen molar-refractivity contribution >= 4 is 50.2 Å². The summed E-state index contributed by atoms with van der Waals surface area (Å²) in [6.07, 6.45) is 5.06. The van der Waals surface area contributed by atoms with E-state index in [0.29, 0.717) is 38.4 Å². The van der Waals surface area contributed by atoms with Gasteiger partial charge in [0.2, 0.25) is 11.8 Å². The second-order valence-electron chi connectivity index (χ2n) is 11.1. The van der Waals surface area contributed by atoms with Gasteiger partial charge >= 0.3 is 0 Å². The van der Waals surface area contributed by atoms with E-state index in [1.54, 1.807) is 37.6 Å². The van der Waals surface area contributed by atoms with Crippen LogP contribution >= 0.6 is 15.9 Å². The molecule has 2 unspecified atom stereocenters. The molecule has 13 heteroatoms. The molecule has 42 heavy (non-hydrogen) atoms. The standard InChI is InChI=1S/C29H28BrFN8O3/c1-14-5-6-23(30)35-27(14)36-28(42)21-8-29(13-31)15(2)26(29)39(21)24(41)12-38-22-11-34-20(18-9-32-17(4)33-10-18)7-19(22)25(37-38)16(3)40/h5-7,9-11,15,21,26H,8,12-13H2,1-4H3,(H,35,36,42)/t15?,21-,26?,29-/m0/s1. The normalized spacial score (nSPS) is 22.7. The summed E-state index contributed by atoms with van der Waals surface area (Å²) in [5, 5.41) is 7.82. The predicted molar refractivity (Wildman–Crippen MR) is 155 cm³/mol. The Morgan fingerprint density at radius 3 is 2.57 bits per heavy atom. The van der Waals surface area contributed by atoms with Gasteiger partial charge in [0.1, 0.15) is 34.5 Å². The second kappa shape index (κ2) is 10.3. The van der Waals surface area contributed by atoms with Crippen LogP contribution in [0.2, 0.25) is 0 Å². The molecule has 1 aliphatic heterocycles. The molecule has 5 heterocycles. The molecule has 0 spiro atoms. The minimum absolute atomic E-state index is 0.0932. The fourth-order valence-electron chi connectivity index (χ4n) is 6.13. The number of hydrogen-bond donors (Lipinski definition) is 1. The molecule has 1 saturated heterocycles. The van der Waals surface area contributed by atoms with Gasteiger partial charge < -0.3 is 10.2 Å². The molecule has 0 bridgehead atoms. The molecule has 1 aliphatic carbocycles. The summed E-state index contributed by atoms with van der Waals surface area (Å²) in [5.74, 6) is -0.195. The number of fused-ring (bicyclic) bond motifs is 2. The first-order valence-electron chi connectivity index (χ1n) is 13.5. The lowest BCUT2D eigenvalue weighted by molar-refractivity contribution is -0.138. The summed E-state index contributed by atoms with van der Waals surface area (Å²) in [6.45, 7) is 6.02. The molecule has 6 rings (SSSR count). The quantitative estimate of drug-likeness (QED) is 0.237. The molecule has 216 valence electrons. The molecule has 0 aromatic carbocycles. The van der Waals surface area contributed by atoms with E-state index in [-0.39, 0.29) is 30.4 Å². The number of ketones is 1. The minimum atomic E-state index is -0.880. The molecule has 2 fully saturated rings. The summed E-state index contributed by atoms with van der Waals surface area (Å²) in [5.41, 5.74) is 1.90. The van der Waals surface area contributed by atoms with Crippen LogP contribution in [0.25, 0.3) is 22.2 Å². The van der Waals surface area contributed by atoms with Gasteiger partial charge in [0.05, 0.1) is 24.1 Å². The molecule has 1 saturated carbocycles. The van der Waals surface area contributed by atoms with Crippen LogP contribution in [0.1, 0.15) is 42.1 Å². The number of anilines is 1. The number of nitrogens with zero attached hydrogens (tertiary/aromatic N) is 7. The number of carbonyl (C=O) groups excluding carboxylic acids is 3. The van der Waals surface area contributed by atoms with E-state index >= 15 is 0 Å². The zero-order valence-electron chi connectivity index (χ0n) is 23.4. The van der Waals surface area contributed by atoms with E-state index < -0.39 is 36.0 Å². The van der Waals surface area contributed by atoms with Gasteiger partial charge in [-0.05, 0) is 59.8 Å². The van der Waals surface area contributed by atoms with Crippen LogP contribution in [0, 0.1) is 25.2 Å². The van der Waals surface area contributed by atoms with Crippen LogP contribution in [0.15, 0.2) is 41.4 Å². The van der Waals surface area contributed by atoms with Crippen molar-refractivity contribution in [2.24, 2.45) is 11.3 Å².